The molecule has 0 unspecified atom stereocenters. The van der Waals surface area contributed by atoms with Crippen LogP contribution in [0.15, 0.2) is 12.3 Å². The molecule has 1 amide bonds. The molecule has 0 atom stereocenters. The van der Waals surface area contributed by atoms with Crippen LogP contribution in [0.3, 0.4) is 0 Å². The molecule has 7 heteroatoms. The Balaban J connectivity index is 1.51. The molecule has 2 fully saturated rings. The van der Waals surface area contributed by atoms with Crippen LogP contribution in [-0.2, 0) is 9.53 Å². The van der Waals surface area contributed by atoms with Crippen molar-refractivity contribution in [2.45, 2.75) is 31.7 Å². The van der Waals surface area contributed by atoms with E-state index in [4.69, 9.17) is 4.74 Å². The SMILES string of the molecule is CN(C)c1ccnc(N2CCC(C(=O)NC3CCOCC3)CC2)n1. The van der Waals surface area contributed by atoms with Crippen LogP contribution in [0, 0.1) is 5.92 Å². The fourth-order valence-corrected chi connectivity index (χ4v) is 3.24. The minimum absolute atomic E-state index is 0.0983. The maximum atomic E-state index is 12.4. The van der Waals surface area contributed by atoms with Crippen molar-refractivity contribution in [1.29, 1.82) is 0 Å². The van der Waals surface area contributed by atoms with E-state index < -0.39 is 0 Å². The molecule has 3 heterocycles. The van der Waals surface area contributed by atoms with Crippen LogP contribution in [-0.4, -0.2) is 62.3 Å². The molecule has 24 heavy (non-hydrogen) atoms. The molecule has 7 nitrogen and oxygen atoms in total. The zero-order chi connectivity index (χ0) is 16.9. The molecule has 1 aromatic rings. The van der Waals surface area contributed by atoms with E-state index in [9.17, 15) is 4.79 Å². The lowest BCUT2D eigenvalue weighted by Gasteiger charge is -2.33. The van der Waals surface area contributed by atoms with Gasteiger partial charge in [-0.1, -0.05) is 0 Å². The minimum Gasteiger partial charge on any atom is -0.381 e. The van der Waals surface area contributed by atoms with Gasteiger partial charge < -0.3 is 19.9 Å². The van der Waals surface area contributed by atoms with Crippen LogP contribution in [0.25, 0.3) is 0 Å². The standard InChI is InChI=1S/C17H27N5O2/c1-21(2)15-3-8-18-17(20-15)22-9-4-13(5-10-22)16(23)19-14-6-11-24-12-7-14/h3,8,13-14H,4-7,9-12H2,1-2H3,(H,19,23). The summed E-state index contributed by atoms with van der Waals surface area (Å²) in [5, 5.41) is 3.19. The smallest absolute Gasteiger partial charge is 0.227 e. The highest BCUT2D eigenvalue weighted by Gasteiger charge is 2.28. The fourth-order valence-electron chi connectivity index (χ4n) is 3.24. The average Bonchev–Trinajstić information content (AvgIpc) is 2.63. The number of rotatable bonds is 4. The van der Waals surface area contributed by atoms with Gasteiger partial charge in [0.05, 0.1) is 0 Å². The van der Waals surface area contributed by atoms with Crippen molar-refractivity contribution >= 4 is 17.7 Å². The number of hydrogen-bond acceptors (Lipinski definition) is 6. The molecule has 132 valence electrons. The van der Waals surface area contributed by atoms with E-state index in [1.54, 1.807) is 6.20 Å². The van der Waals surface area contributed by atoms with E-state index >= 15 is 0 Å². The van der Waals surface area contributed by atoms with Crippen molar-refractivity contribution in [2.24, 2.45) is 5.92 Å². The molecular weight excluding hydrogens is 306 g/mol. The van der Waals surface area contributed by atoms with Crippen LogP contribution < -0.4 is 15.1 Å². The Morgan fingerprint density at radius 2 is 1.96 bits per heavy atom. The topological polar surface area (TPSA) is 70.6 Å². The van der Waals surface area contributed by atoms with Crippen molar-refractivity contribution in [3.63, 3.8) is 0 Å². The lowest BCUT2D eigenvalue weighted by molar-refractivity contribution is -0.126. The predicted octanol–water partition coefficient (Wildman–Crippen LogP) is 1.05. The molecule has 0 bridgehead atoms. The van der Waals surface area contributed by atoms with Gasteiger partial charge in [0, 0.05) is 58.6 Å². The van der Waals surface area contributed by atoms with E-state index in [-0.39, 0.29) is 17.9 Å². The number of aromatic nitrogens is 2. The van der Waals surface area contributed by atoms with E-state index in [0.29, 0.717) is 0 Å². The first-order chi connectivity index (χ1) is 11.6. The summed E-state index contributed by atoms with van der Waals surface area (Å²) in [6.07, 6.45) is 5.35. The van der Waals surface area contributed by atoms with E-state index in [1.807, 2.05) is 25.1 Å². The van der Waals surface area contributed by atoms with Gasteiger partial charge in [0.2, 0.25) is 11.9 Å². The third-order valence-electron chi connectivity index (χ3n) is 4.80. The number of carbonyl (C=O) groups is 1. The first-order valence-electron chi connectivity index (χ1n) is 8.77. The first kappa shape index (κ1) is 17.0. The Morgan fingerprint density at radius 1 is 1.25 bits per heavy atom. The van der Waals surface area contributed by atoms with Gasteiger partial charge in [0.1, 0.15) is 5.82 Å². The summed E-state index contributed by atoms with van der Waals surface area (Å²) in [7, 11) is 3.94. The Morgan fingerprint density at radius 3 is 2.62 bits per heavy atom. The second-order valence-electron chi connectivity index (χ2n) is 6.77. The average molecular weight is 333 g/mol. The van der Waals surface area contributed by atoms with Gasteiger partial charge in [0.15, 0.2) is 0 Å². The Bertz CT molecular complexity index is 552. The molecule has 2 aliphatic rings. The van der Waals surface area contributed by atoms with Crippen molar-refractivity contribution in [1.82, 2.24) is 15.3 Å². The Labute approximate surface area is 143 Å². The van der Waals surface area contributed by atoms with Crippen LogP contribution in [0.2, 0.25) is 0 Å². The summed E-state index contributed by atoms with van der Waals surface area (Å²) in [4.78, 5) is 25.6. The Hall–Kier alpha value is -1.89. The summed E-state index contributed by atoms with van der Waals surface area (Å²) in [6, 6.07) is 2.18. The van der Waals surface area contributed by atoms with Gasteiger partial charge in [-0.15, -0.1) is 0 Å². The lowest BCUT2D eigenvalue weighted by atomic mass is 9.95. The summed E-state index contributed by atoms with van der Waals surface area (Å²) < 4.78 is 5.34. The zero-order valence-corrected chi connectivity index (χ0v) is 14.6. The van der Waals surface area contributed by atoms with Gasteiger partial charge in [-0.25, -0.2) is 4.98 Å². The number of ether oxygens (including phenoxy) is 1. The monoisotopic (exact) mass is 333 g/mol. The molecule has 0 saturated carbocycles. The number of piperidine rings is 1. The molecule has 2 aliphatic heterocycles. The highest BCUT2D eigenvalue weighted by molar-refractivity contribution is 5.79. The van der Waals surface area contributed by atoms with Crippen molar-refractivity contribution < 1.29 is 9.53 Å². The van der Waals surface area contributed by atoms with Crippen molar-refractivity contribution in [2.75, 3.05) is 50.2 Å². The highest BCUT2D eigenvalue weighted by atomic mass is 16.5. The Kier molecular flexibility index (Phi) is 5.50. The van der Waals surface area contributed by atoms with Crippen molar-refractivity contribution in [3.8, 4) is 0 Å². The maximum Gasteiger partial charge on any atom is 0.227 e. The molecule has 0 aliphatic carbocycles. The molecule has 0 aromatic carbocycles. The third kappa shape index (κ3) is 4.14. The first-order valence-corrected chi connectivity index (χ1v) is 8.77. The van der Waals surface area contributed by atoms with Gasteiger partial charge >= 0.3 is 0 Å². The lowest BCUT2D eigenvalue weighted by Crippen LogP contribution is -2.45. The largest absolute Gasteiger partial charge is 0.381 e. The zero-order valence-electron chi connectivity index (χ0n) is 14.6. The molecule has 1 N–H and O–H groups in total. The van der Waals surface area contributed by atoms with Crippen LogP contribution in [0.1, 0.15) is 25.7 Å². The fraction of sp³-hybridized carbons (Fsp3) is 0.706. The highest BCUT2D eigenvalue weighted by Crippen LogP contribution is 2.22. The predicted molar refractivity (Wildman–Crippen MR) is 93.3 cm³/mol. The van der Waals surface area contributed by atoms with Crippen LogP contribution in [0.4, 0.5) is 11.8 Å². The molecule has 1 aromatic heterocycles. The summed E-state index contributed by atoms with van der Waals surface area (Å²) in [6.45, 7) is 3.15. The van der Waals surface area contributed by atoms with Gasteiger partial charge in [-0.3, -0.25) is 4.79 Å². The maximum absolute atomic E-state index is 12.4. The van der Waals surface area contributed by atoms with Gasteiger partial charge in [0.25, 0.3) is 0 Å². The quantitative estimate of drug-likeness (QED) is 0.888. The number of carbonyl (C=O) groups excluding carboxylic acids is 1. The van der Waals surface area contributed by atoms with Crippen LogP contribution >= 0.6 is 0 Å². The number of amides is 1. The van der Waals surface area contributed by atoms with Crippen LogP contribution in [0.5, 0.6) is 0 Å². The molecule has 0 radical (unpaired) electrons. The third-order valence-corrected chi connectivity index (χ3v) is 4.80. The van der Waals surface area contributed by atoms with E-state index in [1.165, 1.54) is 0 Å². The number of hydrogen-bond donors (Lipinski definition) is 1. The van der Waals surface area contributed by atoms with Crippen molar-refractivity contribution in [3.05, 3.63) is 12.3 Å². The number of nitrogens with one attached hydrogen (secondary N) is 1. The molecule has 0 spiro atoms. The number of nitrogens with zero attached hydrogens (tertiary/aromatic N) is 4. The second-order valence-corrected chi connectivity index (χ2v) is 6.77. The van der Waals surface area contributed by atoms with E-state index in [0.717, 1.165) is 63.8 Å². The van der Waals surface area contributed by atoms with Gasteiger partial charge in [-0.2, -0.15) is 4.98 Å². The second kappa shape index (κ2) is 7.79. The van der Waals surface area contributed by atoms with E-state index in [2.05, 4.69) is 20.2 Å². The minimum atomic E-state index is 0.0983. The summed E-state index contributed by atoms with van der Waals surface area (Å²) >= 11 is 0. The molecular formula is C17H27N5O2. The molecule has 2 saturated heterocycles. The number of anilines is 2. The normalized spacial score (nSPS) is 20.0. The van der Waals surface area contributed by atoms with Gasteiger partial charge in [-0.05, 0) is 31.7 Å². The summed E-state index contributed by atoms with van der Waals surface area (Å²) in [5.41, 5.74) is 0. The molecule has 3 rings (SSSR count). The summed E-state index contributed by atoms with van der Waals surface area (Å²) in [5.74, 6) is 1.95.